The molecule has 21 heavy (non-hydrogen) atoms. The normalized spacial score (nSPS) is 9.95. The summed E-state index contributed by atoms with van der Waals surface area (Å²) in [5.74, 6) is -0.188. The van der Waals surface area contributed by atoms with E-state index in [4.69, 9.17) is 0 Å². The van der Waals surface area contributed by atoms with Crippen LogP contribution in [-0.2, 0) is 11.2 Å². The van der Waals surface area contributed by atoms with Crippen molar-refractivity contribution in [3.63, 3.8) is 0 Å². The van der Waals surface area contributed by atoms with Gasteiger partial charge >= 0.3 is 0 Å². The maximum absolute atomic E-state index is 11.9. The van der Waals surface area contributed by atoms with E-state index >= 15 is 0 Å². The van der Waals surface area contributed by atoms with E-state index in [-0.39, 0.29) is 11.8 Å². The highest BCUT2D eigenvalue weighted by molar-refractivity contribution is 5.96. The Balaban J connectivity index is 1.94. The molecule has 0 unspecified atom stereocenters. The van der Waals surface area contributed by atoms with E-state index in [9.17, 15) is 9.59 Å². The third-order valence-corrected chi connectivity index (χ3v) is 2.98. The van der Waals surface area contributed by atoms with Gasteiger partial charge in [-0.2, -0.15) is 0 Å². The molecule has 4 heteroatoms. The lowest BCUT2D eigenvalue weighted by atomic mass is 10.1. The second-order valence-corrected chi connectivity index (χ2v) is 4.65. The molecule has 0 aliphatic rings. The van der Waals surface area contributed by atoms with Crippen LogP contribution in [0.3, 0.4) is 0 Å². The average Bonchev–Trinajstić information content (AvgIpc) is 2.49. The van der Waals surface area contributed by atoms with Gasteiger partial charge in [0.05, 0.1) is 6.42 Å². The number of anilines is 1. The number of benzene rings is 2. The fraction of sp³-hybridized carbons (Fsp3) is 0.176. The van der Waals surface area contributed by atoms with Crippen molar-refractivity contribution in [2.24, 2.45) is 0 Å². The first-order valence-electron chi connectivity index (χ1n) is 6.91. The highest BCUT2D eigenvalue weighted by atomic mass is 16.2. The van der Waals surface area contributed by atoms with Crippen molar-refractivity contribution in [2.45, 2.75) is 13.3 Å². The minimum Gasteiger partial charge on any atom is -0.352 e. The summed E-state index contributed by atoms with van der Waals surface area (Å²) in [4.78, 5) is 23.5. The predicted molar refractivity (Wildman–Crippen MR) is 83.2 cm³/mol. The van der Waals surface area contributed by atoms with Crippen LogP contribution in [0.15, 0.2) is 54.6 Å². The van der Waals surface area contributed by atoms with Crippen molar-refractivity contribution in [1.29, 1.82) is 0 Å². The molecule has 0 saturated carbocycles. The summed E-state index contributed by atoms with van der Waals surface area (Å²) >= 11 is 0. The van der Waals surface area contributed by atoms with Gasteiger partial charge in [-0.1, -0.05) is 30.3 Å². The van der Waals surface area contributed by atoms with Crippen LogP contribution in [0, 0.1) is 0 Å². The molecule has 2 amide bonds. The molecule has 2 aromatic rings. The highest BCUT2D eigenvalue weighted by Gasteiger charge is 2.06. The molecule has 0 saturated heterocycles. The van der Waals surface area contributed by atoms with Crippen molar-refractivity contribution in [3.8, 4) is 0 Å². The Labute approximate surface area is 124 Å². The molecule has 2 rings (SSSR count). The Kier molecular flexibility index (Phi) is 5.10. The van der Waals surface area contributed by atoms with Gasteiger partial charge < -0.3 is 10.6 Å². The minimum absolute atomic E-state index is 0.0769. The van der Waals surface area contributed by atoms with Crippen LogP contribution < -0.4 is 10.6 Å². The monoisotopic (exact) mass is 282 g/mol. The average molecular weight is 282 g/mol. The standard InChI is InChI=1S/C17H18N2O2/c1-2-18-17(21)14-8-10-15(11-9-14)19-16(20)12-13-6-4-3-5-7-13/h3-11H,2,12H2,1H3,(H,18,21)(H,19,20). The van der Waals surface area contributed by atoms with E-state index in [1.807, 2.05) is 37.3 Å². The highest BCUT2D eigenvalue weighted by Crippen LogP contribution is 2.10. The van der Waals surface area contributed by atoms with Gasteiger partial charge in [0.1, 0.15) is 0 Å². The maximum Gasteiger partial charge on any atom is 0.251 e. The van der Waals surface area contributed by atoms with Gasteiger partial charge in [-0.25, -0.2) is 0 Å². The van der Waals surface area contributed by atoms with Crippen molar-refractivity contribution < 1.29 is 9.59 Å². The molecule has 0 atom stereocenters. The molecule has 0 aromatic heterocycles. The summed E-state index contributed by atoms with van der Waals surface area (Å²) in [6, 6.07) is 16.4. The Morgan fingerprint density at radius 2 is 1.62 bits per heavy atom. The Morgan fingerprint density at radius 3 is 2.24 bits per heavy atom. The maximum atomic E-state index is 11.9. The van der Waals surface area contributed by atoms with Gasteiger partial charge in [0.15, 0.2) is 0 Å². The van der Waals surface area contributed by atoms with Gasteiger partial charge in [0.25, 0.3) is 5.91 Å². The van der Waals surface area contributed by atoms with Crippen molar-refractivity contribution in [2.75, 3.05) is 11.9 Å². The van der Waals surface area contributed by atoms with Crippen LogP contribution in [0.25, 0.3) is 0 Å². The quantitative estimate of drug-likeness (QED) is 0.885. The fourth-order valence-electron chi connectivity index (χ4n) is 1.95. The number of amides is 2. The van der Waals surface area contributed by atoms with E-state index in [2.05, 4.69) is 10.6 Å². The van der Waals surface area contributed by atoms with Gasteiger partial charge in [-0.05, 0) is 36.8 Å². The van der Waals surface area contributed by atoms with Crippen molar-refractivity contribution in [3.05, 3.63) is 65.7 Å². The van der Waals surface area contributed by atoms with Crippen LogP contribution in [0.4, 0.5) is 5.69 Å². The second kappa shape index (κ2) is 7.24. The number of hydrogen-bond acceptors (Lipinski definition) is 2. The molecule has 0 spiro atoms. The summed E-state index contributed by atoms with van der Waals surface area (Å²) in [6.07, 6.45) is 0.332. The summed E-state index contributed by atoms with van der Waals surface area (Å²) in [5.41, 5.74) is 2.23. The largest absolute Gasteiger partial charge is 0.352 e. The molecule has 4 nitrogen and oxygen atoms in total. The van der Waals surface area contributed by atoms with Crippen LogP contribution in [0.5, 0.6) is 0 Å². The zero-order valence-corrected chi connectivity index (χ0v) is 11.9. The van der Waals surface area contributed by atoms with E-state index < -0.39 is 0 Å². The third-order valence-electron chi connectivity index (χ3n) is 2.98. The van der Waals surface area contributed by atoms with Crippen molar-refractivity contribution in [1.82, 2.24) is 5.32 Å². The molecule has 0 aliphatic heterocycles. The summed E-state index contributed by atoms with van der Waals surface area (Å²) in [7, 11) is 0. The van der Waals surface area contributed by atoms with E-state index in [0.717, 1.165) is 5.56 Å². The molecule has 108 valence electrons. The number of rotatable bonds is 5. The topological polar surface area (TPSA) is 58.2 Å². The van der Waals surface area contributed by atoms with Gasteiger partial charge in [-0.3, -0.25) is 9.59 Å². The Morgan fingerprint density at radius 1 is 0.952 bits per heavy atom. The van der Waals surface area contributed by atoms with Crippen LogP contribution in [0.1, 0.15) is 22.8 Å². The predicted octanol–water partition coefficient (Wildman–Crippen LogP) is 2.62. The smallest absolute Gasteiger partial charge is 0.251 e. The Bertz CT molecular complexity index is 606. The first-order valence-corrected chi connectivity index (χ1v) is 6.91. The van der Waals surface area contributed by atoms with E-state index in [1.54, 1.807) is 24.3 Å². The SMILES string of the molecule is CCNC(=O)c1ccc(NC(=O)Cc2ccccc2)cc1. The summed E-state index contributed by atoms with van der Waals surface area (Å²) in [5, 5.41) is 5.55. The molecular formula is C17H18N2O2. The van der Waals surface area contributed by atoms with E-state index in [1.165, 1.54) is 0 Å². The number of hydrogen-bond donors (Lipinski definition) is 2. The number of carbonyl (C=O) groups excluding carboxylic acids is 2. The zero-order chi connectivity index (χ0) is 15.1. The van der Waals surface area contributed by atoms with Crippen LogP contribution in [-0.4, -0.2) is 18.4 Å². The first-order chi connectivity index (χ1) is 10.2. The molecule has 0 radical (unpaired) electrons. The molecule has 0 aliphatic carbocycles. The number of nitrogens with one attached hydrogen (secondary N) is 2. The first kappa shape index (κ1) is 14.8. The van der Waals surface area contributed by atoms with Gasteiger partial charge in [0, 0.05) is 17.8 Å². The van der Waals surface area contributed by atoms with Crippen LogP contribution >= 0.6 is 0 Å². The summed E-state index contributed by atoms with van der Waals surface area (Å²) < 4.78 is 0. The van der Waals surface area contributed by atoms with E-state index in [0.29, 0.717) is 24.2 Å². The second-order valence-electron chi connectivity index (χ2n) is 4.65. The Hall–Kier alpha value is -2.62. The summed E-state index contributed by atoms with van der Waals surface area (Å²) in [6.45, 7) is 2.46. The number of carbonyl (C=O) groups is 2. The van der Waals surface area contributed by atoms with Crippen molar-refractivity contribution >= 4 is 17.5 Å². The molecule has 0 heterocycles. The lowest BCUT2D eigenvalue weighted by Gasteiger charge is -2.07. The third kappa shape index (κ3) is 4.45. The lowest BCUT2D eigenvalue weighted by molar-refractivity contribution is -0.115. The van der Waals surface area contributed by atoms with Gasteiger partial charge in [-0.15, -0.1) is 0 Å². The molecule has 2 N–H and O–H groups in total. The minimum atomic E-state index is -0.111. The molecule has 0 bridgehead atoms. The fourth-order valence-corrected chi connectivity index (χ4v) is 1.95. The van der Waals surface area contributed by atoms with Crippen LogP contribution in [0.2, 0.25) is 0 Å². The lowest BCUT2D eigenvalue weighted by Crippen LogP contribution is -2.22. The molecule has 2 aromatic carbocycles. The van der Waals surface area contributed by atoms with Gasteiger partial charge in [0.2, 0.25) is 5.91 Å². The zero-order valence-electron chi connectivity index (χ0n) is 11.9. The molecular weight excluding hydrogens is 264 g/mol. The molecule has 0 fully saturated rings.